The van der Waals surface area contributed by atoms with Gasteiger partial charge in [0.15, 0.2) is 12.4 Å². The molecular weight excluding hydrogens is 477 g/mol. The topological polar surface area (TPSA) is 98.0 Å². The average Bonchev–Trinajstić information content (AvgIpc) is 3.31. The first kappa shape index (κ1) is 23.6. The number of hydrogen-bond donors (Lipinski definition) is 2. The largest absolute Gasteiger partial charge is 0.511 e. The fourth-order valence-corrected chi connectivity index (χ4v) is 3.89. The molecule has 0 radical (unpaired) electrons. The normalized spacial score (nSPS) is 10.7. The molecule has 0 unspecified atom stereocenters. The second kappa shape index (κ2) is 10.2. The summed E-state index contributed by atoms with van der Waals surface area (Å²) in [5.74, 6) is 0.0744. The van der Waals surface area contributed by atoms with E-state index in [-0.39, 0.29) is 23.9 Å². The SMILES string of the molecule is O=C(O)Oc1cc(-c2ccccc2)ccc1NC(=O)OCc1cc2cc(-c3ccc(F)cc3)ccc2o1. The average molecular weight is 497 g/mol. The number of benzene rings is 4. The standard InChI is InChI=1S/C29H20FNO6/c30-23-10-6-19(7-11-23)20-9-13-26-22(14-20)15-24(36-26)17-35-28(32)31-25-12-8-21(16-27(25)37-29(33)34)18-4-2-1-3-5-18/h1-16H,17H2,(H,31,32)(H,33,34). The van der Waals surface area contributed by atoms with Crippen molar-refractivity contribution < 1.29 is 33.0 Å². The Balaban J connectivity index is 1.28. The van der Waals surface area contributed by atoms with Crippen molar-refractivity contribution in [1.29, 1.82) is 0 Å². The minimum absolute atomic E-state index is 0.0390. The zero-order valence-electron chi connectivity index (χ0n) is 19.3. The van der Waals surface area contributed by atoms with Gasteiger partial charge >= 0.3 is 12.2 Å². The van der Waals surface area contributed by atoms with Gasteiger partial charge in [0, 0.05) is 5.39 Å². The van der Waals surface area contributed by atoms with Gasteiger partial charge < -0.3 is 19.0 Å². The second-order valence-corrected chi connectivity index (χ2v) is 8.12. The van der Waals surface area contributed by atoms with Gasteiger partial charge in [-0.15, -0.1) is 0 Å². The molecule has 37 heavy (non-hydrogen) atoms. The Kier molecular flexibility index (Phi) is 6.54. The van der Waals surface area contributed by atoms with E-state index in [1.54, 1.807) is 36.4 Å². The van der Waals surface area contributed by atoms with E-state index >= 15 is 0 Å². The molecule has 0 spiro atoms. The smallest absolute Gasteiger partial charge is 0.457 e. The molecular formula is C29H20FNO6. The van der Waals surface area contributed by atoms with Crippen molar-refractivity contribution in [2.45, 2.75) is 6.61 Å². The molecule has 5 rings (SSSR count). The lowest BCUT2D eigenvalue weighted by Gasteiger charge is -2.12. The number of nitrogens with one attached hydrogen (secondary N) is 1. The van der Waals surface area contributed by atoms with Crippen LogP contribution in [-0.2, 0) is 11.3 Å². The Morgan fingerprint density at radius 1 is 0.811 bits per heavy atom. The van der Waals surface area contributed by atoms with Crippen LogP contribution in [0.2, 0.25) is 0 Å². The van der Waals surface area contributed by atoms with Crippen molar-refractivity contribution >= 4 is 28.9 Å². The third kappa shape index (κ3) is 5.59. The lowest BCUT2D eigenvalue weighted by atomic mass is 10.0. The molecule has 7 nitrogen and oxygen atoms in total. The summed E-state index contributed by atoms with van der Waals surface area (Å²) in [6.07, 6.45) is -2.32. The predicted octanol–water partition coefficient (Wildman–Crippen LogP) is 7.71. The number of ether oxygens (including phenoxy) is 2. The van der Waals surface area contributed by atoms with E-state index in [0.29, 0.717) is 11.3 Å². The summed E-state index contributed by atoms with van der Waals surface area (Å²) < 4.78 is 29.1. The van der Waals surface area contributed by atoms with Gasteiger partial charge in [0.2, 0.25) is 0 Å². The minimum atomic E-state index is -1.51. The summed E-state index contributed by atoms with van der Waals surface area (Å²) in [7, 11) is 0. The van der Waals surface area contributed by atoms with Gasteiger partial charge in [-0.2, -0.15) is 0 Å². The summed E-state index contributed by atoms with van der Waals surface area (Å²) in [5, 5.41) is 12.4. The summed E-state index contributed by atoms with van der Waals surface area (Å²) in [5.41, 5.74) is 4.08. The number of carbonyl (C=O) groups is 2. The summed E-state index contributed by atoms with van der Waals surface area (Å²) in [6, 6.07) is 27.6. The van der Waals surface area contributed by atoms with Crippen LogP contribution in [0.4, 0.5) is 19.7 Å². The number of fused-ring (bicyclic) bond motifs is 1. The van der Waals surface area contributed by atoms with Crippen LogP contribution in [0.25, 0.3) is 33.2 Å². The molecule has 1 heterocycles. The highest BCUT2D eigenvalue weighted by molar-refractivity contribution is 5.89. The molecule has 1 aromatic heterocycles. The molecule has 0 atom stereocenters. The highest BCUT2D eigenvalue weighted by Gasteiger charge is 2.15. The van der Waals surface area contributed by atoms with E-state index in [0.717, 1.165) is 27.6 Å². The zero-order chi connectivity index (χ0) is 25.8. The molecule has 0 aliphatic rings. The van der Waals surface area contributed by atoms with Gasteiger partial charge in [0.05, 0.1) is 5.69 Å². The van der Waals surface area contributed by atoms with Crippen molar-refractivity contribution in [3.63, 3.8) is 0 Å². The van der Waals surface area contributed by atoms with E-state index in [1.807, 2.05) is 42.5 Å². The van der Waals surface area contributed by atoms with Crippen LogP contribution in [0.1, 0.15) is 5.76 Å². The molecule has 0 aliphatic carbocycles. The highest BCUT2D eigenvalue weighted by atomic mass is 19.1. The first-order valence-electron chi connectivity index (χ1n) is 11.3. The lowest BCUT2D eigenvalue weighted by molar-refractivity contribution is 0.142. The number of carboxylic acid groups (broad SMARTS) is 1. The number of carbonyl (C=O) groups excluding carboxylic acids is 1. The van der Waals surface area contributed by atoms with Crippen molar-refractivity contribution in [2.75, 3.05) is 5.32 Å². The van der Waals surface area contributed by atoms with Gasteiger partial charge in [-0.05, 0) is 64.7 Å². The van der Waals surface area contributed by atoms with Crippen molar-refractivity contribution in [2.24, 2.45) is 0 Å². The Morgan fingerprint density at radius 2 is 1.49 bits per heavy atom. The van der Waals surface area contributed by atoms with Crippen LogP contribution >= 0.6 is 0 Å². The van der Waals surface area contributed by atoms with Crippen LogP contribution in [0.5, 0.6) is 5.75 Å². The van der Waals surface area contributed by atoms with Crippen LogP contribution in [0.3, 0.4) is 0 Å². The van der Waals surface area contributed by atoms with E-state index < -0.39 is 12.2 Å². The summed E-state index contributed by atoms with van der Waals surface area (Å²) >= 11 is 0. The zero-order valence-corrected chi connectivity index (χ0v) is 19.3. The number of hydrogen-bond acceptors (Lipinski definition) is 5. The van der Waals surface area contributed by atoms with Crippen molar-refractivity contribution in [3.05, 3.63) is 109 Å². The maximum atomic E-state index is 13.2. The fourth-order valence-electron chi connectivity index (χ4n) is 3.89. The van der Waals surface area contributed by atoms with Gasteiger partial charge in [0.25, 0.3) is 0 Å². The lowest BCUT2D eigenvalue weighted by Crippen LogP contribution is -2.15. The Hall–Kier alpha value is -5.11. The van der Waals surface area contributed by atoms with E-state index in [4.69, 9.17) is 19.0 Å². The second-order valence-electron chi connectivity index (χ2n) is 8.12. The third-order valence-corrected chi connectivity index (χ3v) is 5.61. The highest BCUT2D eigenvalue weighted by Crippen LogP contribution is 2.32. The molecule has 1 amide bonds. The third-order valence-electron chi connectivity index (χ3n) is 5.61. The first-order valence-corrected chi connectivity index (χ1v) is 11.3. The van der Waals surface area contributed by atoms with Crippen LogP contribution < -0.4 is 10.1 Å². The van der Waals surface area contributed by atoms with E-state index in [2.05, 4.69) is 5.32 Å². The maximum absolute atomic E-state index is 13.2. The van der Waals surface area contributed by atoms with Gasteiger partial charge in [-0.3, -0.25) is 5.32 Å². The Labute approximate surface area is 210 Å². The summed E-state index contributed by atoms with van der Waals surface area (Å²) in [6.45, 7) is -0.149. The number of rotatable bonds is 6. The molecule has 0 bridgehead atoms. The van der Waals surface area contributed by atoms with Gasteiger partial charge in [0.1, 0.15) is 17.2 Å². The Bertz CT molecular complexity index is 1580. The minimum Gasteiger partial charge on any atom is -0.457 e. The molecule has 2 N–H and O–H groups in total. The quantitative estimate of drug-likeness (QED) is 0.184. The molecule has 0 saturated carbocycles. The Morgan fingerprint density at radius 3 is 2.24 bits per heavy atom. The molecule has 0 saturated heterocycles. The molecule has 184 valence electrons. The van der Waals surface area contributed by atoms with E-state index in [1.165, 1.54) is 18.2 Å². The molecule has 4 aromatic carbocycles. The van der Waals surface area contributed by atoms with Crippen LogP contribution in [0.15, 0.2) is 101 Å². The van der Waals surface area contributed by atoms with Crippen LogP contribution in [0, 0.1) is 5.82 Å². The fraction of sp³-hybridized carbons (Fsp3) is 0.0345. The molecule has 5 aromatic rings. The van der Waals surface area contributed by atoms with Crippen LogP contribution in [-0.4, -0.2) is 17.4 Å². The monoisotopic (exact) mass is 497 g/mol. The number of furan rings is 1. The predicted molar refractivity (Wildman–Crippen MR) is 136 cm³/mol. The van der Waals surface area contributed by atoms with Gasteiger partial charge in [-0.1, -0.05) is 54.6 Å². The molecule has 0 aliphatic heterocycles. The first-order chi connectivity index (χ1) is 17.9. The summed E-state index contributed by atoms with van der Waals surface area (Å²) in [4.78, 5) is 23.6. The number of amides is 1. The molecule has 0 fully saturated rings. The maximum Gasteiger partial charge on any atom is 0.511 e. The van der Waals surface area contributed by atoms with Crippen molar-refractivity contribution in [3.8, 4) is 28.0 Å². The van der Waals surface area contributed by atoms with Gasteiger partial charge in [-0.25, -0.2) is 14.0 Å². The number of anilines is 1. The number of halogens is 1. The van der Waals surface area contributed by atoms with E-state index in [9.17, 15) is 14.0 Å². The van der Waals surface area contributed by atoms with Crippen molar-refractivity contribution in [1.82, 2.24) is 0 Å². The molecule has 8 heteroatoms.